The zero-order chi connectivity index (χ0) is 13.8. The Morgan fingerprint density at radius 3 is 2.95 bits per heavy atom. The number of ether oxygens (including phenoxy) is 2. The quantitative estimate of drug-likeness (QED) is 0.773. The second-order valence-corrected chi connectivity index (χ2v) is 5.40. The van der Waals surface area contributed by atoms with Crippen molar-refractivity contribution in [3.05, 3.63) is 15.6 Å². The van der Waals surface area contributed by atoms with Crippen molar-refractivity contribution in [1.29, 1.82) is 0 Å². The van der Waals surface area contributed by atoms with Gasteiger partial charge in [-0.3, -0.25) is 0 Å². The van der Waals surface area contributed by atoms with E-state index in [1.807, 2.05) is 6.92 Å². The summed E-state index contributed by atoms with van der Waals surface area (Å²) in [5.41, 5.74) is 1.58. The number of esters is 1. The molecule has 0 aromatic carbocycles. The number of hydrogen-bond acceptors (Lipinski definition) is 7. The Morgan fingerprint density at radius 2 is 2.32 bits per heavy atom. The summed E-state index contributed by atoms with van der Waals surface area (Å²) in [6.45, 7) is 4.27. The summed E-state index contributed by atoms with van der Waals surface area (Å²) in [7, 11) is 1.59. The van der Waals surface area contributed by atoms with Gasteiger partial charge in [0.25, 0.3) is 0 Å². The zero-order valence-corrected chi connectivity index (χ0v) is 12.0. The maximum Gasteiger partial charge on any atom is 0.350 e. The zero-order valence-electron chi connectivity index (χ0n) is 11.1. The normalized spacial score (nSPS) is 18.1. The molecule has 0 radical (unpaired) electrons. The Labute approximate surface area is 115 Å². The van der Waals surface area contributed by atoms with Gasteiger partial charge < -0.3 is 14.3 Å². The highest BCUT2D eigenvalue weighted by Crippen LogP contribution is 2.20. The number of thiazole rings is 1. The Hall–Kier alpha value is -1.47. The molecule has 0 amide bonds. The van der Waals surface area contributed by atoms with Crippen LogP contribution in [-0.4, -0.2) is 36.5 Å². The first-order valence-corrected chi connectivity index (χ1v) is 6.73. The van der Waals surface area contributed by atoms with Crippen molar-refractivity contribution in [2.75, 3.05) is 13.7 Å². The van der Waals surface area contributed by atoms with E-state index in [0.29, 0.717) is 23.6 Å². The molecule has 1 aliphatic heterocycles. The largest absolute Gasteiger partial charge is 0.457 e. The molecule has 0 aliphatic carbocycles. The van der Waals surface area contributed by atoms with Crippen molar-refractivity contribution in [2.24, 2.45) is 5.16 Å². The van der Waals surface area contributed by atoms with Crippen LogP contribution in [0.5, 0.6) is 0 Å². The number of hydrogen-bond donors (Lipinski definition) is 0. The van der Waals surface area contributed by atoms with E-state index < -0.39 is 0 Å². The summed E-state index contributed by atoms with van der Waals surface area (Å²) in [4.78, 5) is 21.8. The van der Waals surface area contributed by atoms with Crippen LogP contribution in [0.1, 0.15) is 33.7 Å². The first-order chi connectivity index (χ1) is 9.10. The summed E-state index contributed by atoms with van der Waals surface area (Å²) in [6.07, 6.45) is 0.528. The predicted molar refractivity (Wildman–Crippen MR) is 70.4 cm³/mol. The number of methoxy groups -OCH3 is 1. The molecule has 1 unspecified atom stereocenters. The second-order valence-electron chi connectivity index (χ2n) is 4.31. The van der Waals surface area contributed by atoms with Crippen LogP contribution in [0.2, 0.25) is 0 Å². The van der Waals surface area contributed by atoms with Gasteiger partial charge in [-0.05, 0) is 13.8 Å². The van der Waals surface area contributed by atoms with Gasteiger partial charge in [-0.25, -0.2) is 9.78 Å². The average Bonchev–Trinajstić information content (AvgIpc) is 2.93. The highest BCUT2D eigenvalue weighted by atomic mass is 32.1. The molecule has 1 aromatic rings. The van der Waals surface area contributed by atoms with Crippen LogP contribution in [0.15, 0.2) is 5.16 Å². The van der Waals surface area contributed by atoms with Gasteiger partial charge in [-0.15, -0.1) is 11.3 Å². The molecule has 104 valence electrons. The van der Waals surface area contributed by atoms with E-state index in [4.69, 9.17) is 14.3 Å². The summed E-state index contributed by atoms with van der Waals surface area (Å²) >= 11 is 1.30. The third-order valence-corrected chi connectivity index (χ3v) is 3.69. The first kappa shape index (κ1) is 14.0. The number of nitrogens with zero attached hydrogens (tertiary/aromatic N) is 2. The van der Waals surface area contributed by atoms with Crippen LogP contribution in [-0.2, 0) is 20.9 Å². The molecule has 1 atom stereocenters. The standard InChI is InChI=1S/C12H16N2O4S/c1-7-4-9(18-14-7)5-17-12(15)11-8(2)13-10(19-11)6-16-3/h9H,4-6H2,1-3H3. The lowest BCUT2D eigenvalue weighted by Gasteiger charge is -2.08. The fourth-order valence-electron chi connectivity index (χ4n) is 1.72. The second kappa shape index (κ2) is 6.12. The number of carbonyl (C=O) groups is 1. The number of carbonyl (C=O) groups excluding carboxylic acids is 1. The van der Waals surface area contributed by atoms with E-state index in [1.165, 1.54) is 11.3 Å². The molecule has 1 aromatic heterocycles. The van der Waals surface area contributed by atoms with E-state index in [2.05, 4.69) is 10.1 Å². The van der Waals surface area contributed by atoms with Crippen molar-refractivity contribution in [1.82, 2.24) is 4.98 Å². The minimum atomic E-state index is -0.370. The summed E-state index contributed by atoms with van der Waals surface area (Å²) < 4.78 is 10.2. The monoisotopic (exact) mass is 284 g/mol. The number of aromatic nitrogens is 1. The van der Waals surface area contributed by atoms with Gasteiger partial charge in [0.2, 0.25) is 0 Å². The average molecular weight is 284 g/mol. The molecule has 2 heterocycles. The first-order valence-electron chi connectivity index (χ1n) is 5.91. The van der Waals surface area contributed by atoms with Crippen LogP contribution >= 0.6 is 11.3 Å². The molecule has 0 spiro atoms. The van der Waals surface area contributed by atoms with Crippen molar-refractivity contribution in [3.8, 4) is 0 Å². The van der Waals surface area contributed by atoms with Crippen LogP contribution in [0.25, 0.3) is 0 Å². The maximum atomic E-state index is 11.9. The molecular weight excluding hydrogens is 268 g/mol. The highest BCUT2D eigenvalue weighted by Gasteiger charge is 2.22. The smallest absolute Gasteiger partial charge is 0.350 e. The number of aryl methyl sites for hydroxylation is 1. The lowest BCUT2D eigenvalue weighted by atomic mass is 10.2. The molecule has 0 saturated heterocycles. The van der Waals surface area contributed by atoms with Gasteiger partial charge in [-0.2, -0.15) is 0 Å². The predicted octanol–water partition coefficient (Wildman–Crippen LogP) is 1.92. The molecule has 0 saturated carbocycles. The van der Waals surface area contributed by atoms with E-state index >= 15 is 0 Å². The van der Waals surface area contributed by atoms with Crippen LogP contribution < -0.4 is 0 Å². The van der Waals surface area contributed by atoms with Gasteiger partial charge >= 0.3 is 5.97 Å². The molecule has 0 bridgehead atoms. The van der Waals surface area contributed by atoms with Crippen molar-refractivity contribution < 1.29 is 19.1 Å². The summed E-state index contributed by atoms with van der Waals surface area (Å²) in [6, 6.07) is 0. The molecule has 19 heavy (non-hydrogen) atoms. The maximum absolute atomic E-state index is 11.9. The fraction of sp³-hybridized carbons (Fsp3) is 0.583. The molecular formula is C12H16N2O4S. The van der Waals surface area contributed by atoms with Crippen molar-refractivity contribution in [3.63, 3.8) is 0 Å². The summed E-state index contributed by atoms with van der Waals surface area (Å²) in [5, 5.41) is 4.58. The third-order valence-electron chi connectivity index (χ3n) is 2.58. The van der Waals surface area contributed by atoms with Crippen LogP contribution in [0.4, 0.5) is 0 Å². The lowest BCUT2D eigenvalue weighted by molar-refractivity contribution is 0.00715. The van der Waals surface area contributed by atoms with E-state index in [1.54, 1.807) is 14.0 Å². The molecule has 7 heteroatoms. The topological polar surface area (TPSA) is 70.0 Å². The van der Waals surface area contributed by atoms with Gasteiger partial charge in [-0.1, -0.05) is 5.16 Å². The van der Waals surface area contributed by atoms with Gasteiger partial charge in [0.1, 0.15) is 16.5 Å². The van der Waals surface area contributed by atoms with Gasteiger partial charge in [0.05, 0.1) is 18.0 Å². The fourth-order valence-corrected chi connectivity index (χ4v) is 2.65. The minimum Gasteiger partial charge on any atom is -0.457 e. The SMILES string of the molecule is COCc1nc(C)c(C(=O)OCC2CC(C)=NO2)s1. The molecule has 0 fully saturated rings. The third kappa shape index (κ3) is 3.51. The Bertz CT molecular complexity index is 498. The Kier molecular flexibility index (Phi) is 4.49. The Morgan fingerprint density at radius 1 is 1.53 bits per heavy atom. The molecule has 0 N–H and O–H groups in total. The van der Waals surface area contributed by atoms with Crippen LogP contribution in [0.3, 0.4) is 0 Å². The molecule has 1 aliphatic rings. The Balaban J connectivity index is 1.89. The van der Waals surface area contributed by atoms with E-state index in [0.717, 1.165) is 10.7 Å². The molecule has 2 rings (SSSR count). The van der Waals surface area contributed by atoms with Crippen LogP contribution in [0, 0.1) is 6.92 Å². The van der Waals surface area contributed by atoms with Gasteiger partial charge in [0.15, 0.2) is 6.10 Å². The van der Waals surface area contributed by atoms with Crippen molar-refractivity contribution in [2.45, 2.75) is 33.0 Å². The minimum absolute atomic E-state index is 0.171. The van der Waals surface area contributed by atoms with Crippen molar-refractivity contribution >= 4 is 23.0 Å². The van der Waals surface area contributed by atoms with E-state index in [9.17, 15) is 4.79 Å². The van der Waals surface area contributed by atoms with Gasteiger partial charge in [0, 0.05) is 13.5 Å². The highest BCUT2D eigenvalue weighted by molar-refractivity contribution is 7.13. The lowest BCUT2D eigenvalue weighted by Crippen LogP contribution is -2.18. The van der Waals surface area contributed by atoms with E-state index in [-0.39, 0.29) is 18.7 Å². The summed E-state index contributed by atoms with van der Waals surface area (Å²) in [5.74, 6) is -0.370. The molecule has 6 nitrogen and oxygen atoms in total. The number of rotatable bonds is 5. The number of oxime groups is 1.